The standard InChI is InChI=1S/C10H10ClN3S2/c11-7-3-1-2-6-8(13-14-10(12)15)4-5-16-9(6)7/h1-3H,4-5H2,(H3,12,14,15). The van der Waals surface area contributed by atoms with Gasteiger partial charge in [0.1, 0.15) is 0 Å². The Hall–Kier alpha value is -0.780. The Bertz CT molecular complexity index is 459. The number of nitrogens with zero attached hydrogens (tertiary/aromatic N) is 1. The van der Waals surface area contributed by atoms with Crippen LogP contribution >= 0.6 is 35.6 Å². The van der Waals surface area contributed by atoms with Gasteiger partial charge in [0.05, 0.1) is 10.7 Å². The summed E-state index contributed by atoms with van der Waals surface area (Å²) in [6.07, 6.45) is 0.883. The van der Waals surface area contributed by atoms with Crippen molar-refractivity contribution < 1.29 is 0 Å². The molecule has 3 nitrogen and oxygen atoms in total. The highest BCUT2D eigenvalue weighted by molar-refractivity contribution is 7.99. The van der Waals surface area contributed by atoms with Gasteiger partial charge in [-0.1, -0.05) is 23.7 Å². The molecule has 3 N–H and O–H groups in total. The van der Waals surface area contributed by atoms with Crippen molar-refractivity contribution in [3.63, 3.8) is 0 Å². The molecule has 0 radical (unpaired) electrons. The van der Waals surface area contributed by atoms with Crippen molar-refractivity contribution >= 4 is 46.4 Å². The Kier molecular flexibility index (Phi) is 3.68. The fraction of sp³-hybridized carbons (Fsp3) is 0.200. The van der Waals surface area contributed by atoms with Gasteiger partial charge in [-0.15, -0.1) is 11.8 Å². The van der Waals surface area contributed by atoms with E-state index in [4.69, 9.17) is 29.6 Å². The van der Waals surface area contributed by atoms with Gasteiger partial charge < -0.3 is 5.73 Å². The monoisotopic (exact) mass is 271 g/mol. The third kappa shape index (κ3) is 2.48. The van der Waals surface area contributed by atoms with Crippen LogP contribution in [-0.4, -0.2) is 16.6 Å². The van der Waals surface area contributed by atoms with Crippen LogP contribution in [0.25, 0.3) is 0 Å². The van der Waals surface area contributed by atoms with E-state index in [2.05, 4.69) is 10.5 Å². The summed E-state index contributed by atoms with van der Waals surface area (Å²) >= 11 is 12.6. The van der Waals surface area contributed by atoms with Gasteiger partial charge in [0.25, 0.3) is 0 Å². The molecule has 0 aliphatic carbocycles. The minimum absolute atomic E-state index is 0.175. The maximum absolute atomic E-state index is 6.12. The maximum atomic E-state index is 6.12. The molecule has 0 fully saturated rings. The second-order valence-corrected chi connectivity index (χ2v) is 5.20. The van der Waals surface area contributed by atoms with Crippen molar-refractivity contribution in [2.24, 2.45) is 10.8 Å². The molecule has 1 aliphatic heterocycles. The highest BCUT2D eigenvalue weighted by Crippen LogP contribution is 2.35. The Balaban J connectivity index is 2.37. The van der Waals surface area contributed by atoms with Crippen LogP contribution in [0.3, 0.4) is 0 Å². The van der Waals surface area contributed by atoms with E-state index in [0.29, 0.717) is 0 Å². The normalized spacial score (nSPS) is 16.9. The number of benzene rings is 1. The van der Waals surface area contributed by atoms with Crippen LogP contribution in [-0.2, 0) is 0 Å². The van der Waals surface area contributed by atoms with E-state index in [1.54, 1.807) is 11.8 Å². The van der Waals surface area contributed by atoms with Gasteiger partial charge in [-0.25, -0.2) is 0 Å². The van der Waals surface area contributed by atoms with Gasteiger partial charge in [0.15, 0.2) is 5.11 Å². The summed E-state index contributed by atoms with van der Waals surface area (Å²) in [7, 11) is 0. The van der Waals surface area contributed by atoms with Gasteiger partial charge in [-0.3, -0.25) is 5.43 Å². The zero-order chi connectivity index (χ0) is 11.5. The molecule has 0 amide bonds. The smallest absolute Gasteiger partial charge is 0.184 e. The van der Waals surface area contributed by atoms with E-state index in [9.17, 15) is 0 Å². The molecule has 0 aromatic heterocycles. The van der Waals surface area contributed by atoms with Crippen molar-refractivity contribution in [3.8, 4) is 0 Å². The fourth-order valence-electron chi connectivity index (χ4n) is 1.51. The van der Waals surface area contributed by atoms with Crippen molar-refractivity contribution in [2.45, 2.75) is 11.3 Å². The zero-order valence-corrected chi connectivity index (χ0v) is 10.8. The lowest BCUT2D eigenvalue weighted by molar-refractivity contribution is 1.01. The molecule has 6 heteroatoms. The first-order valence-corrected chi connectivity index (χ1v) is 6.49. The van der Waals surface area contributed by atoms with Crippen LogP contribution in [0.1, 0.15) is 12.0 Å². The second-order valence-electron chi connectivity index (χ2n) is 3.25. The SMILES string of the molecule is NC(=S)NN=C1CCSc2c(Cl)cccc21. The predicted octanol–water partition coefficient (Wildman–Crippen LogP) is 2.37. The van der Waals surface area contributed by atoms with Crippen molar-refractivity contribution in [1.29, 1.82) is 0 Å². The zero-order valence-electron chi connectivity index (χ0n) is 8.37. The molecule has 0 bridgehead atoms. The number of thiocarbonyl (C=S) groups is 1. The van der Waals surface area contributed by atoms with E-state index >= 15 is 0 Å². The molecule has 84 valence electrons. The molecule has 1 aromatic carbocycles. The Morgan fingerprint density at radius 2 is 2.38 bits per heavy atom. The molecule has 1 aromatic rings. The maximum Gasteiger partial charge on any atom is 0.184 e. The number of rotatable bonds is 1. The molecular weight excluding hydrogens is 262 g/mol. The molecular formula is C10H10ClN3S2. The minimum atomic E-state index is 0.175. The highest BCUT2D eigenvalue weighted by atomic mass is 35.5. The Labute approximate surface area is 108 Å². The fourth-order valence-corrected chi connectivity index (χ4v) is 2.94. The summed E-state index contributed by atoms with van der Waals surface area (Å²) in [5.74, 6) is 0.967. The molecule has 1 heterocycles. The number of thioether (sulfide) groups is 1. The molecule has 1 aliphatic rings. The average Bonchev–Trinajstić information content (AvgIpc) is 2.27. The molecule has 0 saturated heterocycles. The summed E-state index contributed by atoms with van der Waals surface area (Å²) in [6.45, 7) is 0. The first-order chi connectivity index (χ1) is 7.68. The van der Waals surface area contributed by atoms with E-state index < -0.39 is 0 Å². The first kappa shape index (κ1) is 11.7. The van der Waals surface area contributed by atoms with Gasteiger partial charge >= 0.3 is 0 Å². The summed E-state index contributed by atoms with van der Waals surface area (Å²) in [5.41, 5.74) is 9.97. The Morgan fingerprint density at radius 3 is 3.12 bits per heavy atom. The van der Waals surface area contributed by atoms with Crippen LogP contribution in [0, 0.1) is 0 Å². The van der Waals surface area contributed by atoms with Crippen molar-refractivity contribution in [1.82, 2.24) is 5.43 Å². The lowest BCUT2D eigenvalue weighted by Crippen LogP contribution is -2.26. The van der Waals surface area contributed by atoms with Gasteiger partial charge in [-0.05, 0) is 18.3 Å². The van der Waals surface area contributed by atoms with E-state index in [-0.39, 0.29) is 5.11 Å². The average molecular weight is 272 g/mol. The molecule has 2 rings (SSSR count). The van der Waals surface area contributed by atoms with Crippen LogP contribution in [0.15, 0.2) is 28.2 Å². The van der Waals surface area contributed by atoms with Crippen molar-refractivity contribution in [3.05, 3.63) is 28.8 Å². The number of hydrogen-bond donors (Lipinski definition) is 2. The van der Waals surface area contributed by atoms with Crippen molar-refractivity contribution in [2.75, 3.05) is 5.75 Å². The molecule has 0 saturated carbocycles. The van der Waals surface area contributed by atoms with Gasteiger partial charge in [-0.2, -0.15) is 5.10 Å². The molecule has 0 spiro atoms. The second kappa shape index (κ2) is 5.03. The molecule has 0 atom stereocenters. The third-order valence-corrected chi connectivity index (χ3v) is 3.82. The molecule has 16 heavy (non-hydrogen) atoms. The quantitative estimate of drug-likeness (QED) is 0.608. The molecule has 0 unspecified atom stereocenters. The van der Waals surface area contributed by atoms with E-state index in [1.807, 2.05) is 18.2 Å². The lowest BCUT2D eigenvalue weighted by Gasteiger charge is -2.18. The van der Waals surface area contributed by atoms with Gasteiger partial charge in [0, 0.05) is 22.6 Å². The summed E-state index contributed by atoms with van der Waals surface area (Å²) < 4.78 is 0. The van der Waals surface area contributed by atoms with E-state index in [1.165, 1.54) is 0 Å². The highest BCUT2D eigenvalue weighted by Gasteiger charge is 2.18. The third-order valence-electron chi connectivity index (χ3n) is 2.16. The lowest BCUT2D eigenvalue weighted by atomic mass is 10.1. The number of halogens is 1. The van der Waals surface area contributed by atoms with Crippen LogP contribution in [0.5, 0.6) is 0 Å². The number of fused-ring (bicyclic) bond motifs is 1. The van der Waals surface area contributed by atoms with Crippen LogP contribution in [0.4, 0.5) is 0 Å². The largest absolute Gasteiger partial charge is 0.375 e. The summed E-state index contributed by atoms with van der Waals surface area (Å²) in [4.78, 5) is 1.08. The van der Waals surface area contributed by atoms with Crippen LogP contribution in [0.2, 0.25) is 5.02 Å². The number of nitrogens with one attached hydrogen (secondary N) is 1. The summed E-state index contributed by atoms with van der Waals surface area (Å²) in [6, 6.07) is 5.81. The number of nitrogens with two attached hydrogens (primary N) is 1. The van der Waals surface area contributed by atoms with E-state index in [0.717, 1.165) is 33.4 Å². The van der Waals surface area contributed by atoms with Crippen LogP contribution < -0.4 is 11.2 Å². The van der Waals surface area contributed by atoms with Gasteiger partial charge in [0.2, 0.25) is 0 Å². The topological polar surface area (TPSA) is 50.4 Å². The minimum Gasteiger partial charge on any atom is -0.375 e. The first-order valence-electron chi connectivity index (χ1n) is 4.72. The summed E-state index contributed by atoms with van der Waals surface area (Å²) in [5, 5.41) is 5.14. The Morgan fingerprint density at radius 1 is 1.56 bits per heavy atom. The predicted molar refractivity (Wildman–Crippen MR) is 73.3 cm³/mol. The number of hydrazone groups is 1. The number of hydrogen-bond acceptors (Lipinski definition) is 3.